The molecule has 0 amide bonds. The number of rotatable bonds is 3. The number of nitrogens with one attached hydrogen (secondary N) is 3. The van der Waals surface area contributed by atoms with Crippen molar-refractivity contribution in [1.82, 2.24) is 19.1 Å². The van der Waals surface area contributed by atoms with Gasteiger partial charge < -0.3 is 26.8 Å². The molecule has 0 radical (unpaired) electrons. The summed E-state index contributed by atoms with van der Waals surface area (Å²) in [6, 6.07) is 16.3. The lowest BCUT2D eigenvalue weighted by molar-refractivity contribution is 0.510. The van der Waals surface area contributed by atoms with Gasteiger partial charge in [-0.1, -0.05) is 0 Å². The summed E-state index contributed by atoms with van der Waals surface area (Å²) in [7, 11) is 1.55. The molecule has 2 heterocycles. The lowest BCUT2D eigenvalue weighted by Crippen LogP contribution is -2.33. The molecule has 6 rings (SSSR count). The van der Waals surface area contributed by atoms with Crippen LogP contribution in [0.4, 0.5) is 30.2 Å². The Morgan fingerprint density at radius 3 is 1.43 bits per heavy atom. The summed E-state index contributed by atoms with van der Waals surface area (Å²) < 4.78 is 42.1. The van der Waals surface area contributed by atoms with Crippen molar-refractivity contribution in [2.45, 2.75) is 0 Å². The van der Waals surface area contributed by atoms with Gasteiger partial charge in [-0.25, -0.2) is 31.9 Å². The SMILES string of the molecule is CNc1cc2[nH]c(=O)n(-c3ccc(N)cc3)c(=O)c2cc1F.Cl.Nc1ccc(-n2c(=O)[nH]c3cc(F)c(F)cc3c2=O)cc1. The highest BCUT2D eigenvalue weighted by molar-refractivity contribution is 5.85. The van der Waals surface area contributed by atoms with Crippen LogP contribution < -0.4 is 39.3 Å². The Morgan fingerprint density at radius 1 is 0.614 bits per heavy atom. The monoisotopic (exact) mass is 625 g/mol. The van der Waals surface area contributed by atoms with Gasteiger partial charge in [-0.15, -0.1) is 12.4 Å². The summed E-state index contributed by atoms with van der Waals surface area (Å²) in [5.41, 5.74) is 10.5. The van der Waals surface area contributed by atoms with E-state index in [-0.39, 0.29) is 45.6 Å². The Hall–Kier alpha value is -5.76. The van der Waals surface area contributed by atoms with Crippen molar-refractivity contribution >= 4 is 51.3 Å². The summed E-state index contributed by atoms with van der Waals surface area (Å²) in [6.07, 6.45) is 0. The highest BCUT2D eigenvalue weighted by Crippen LogP contribution is 2.19. The maximum atomic E-state index is 13.9. The standard InChI is InChI=1S/C15H13FN4O2.C14H9F2N3O2.ClH/c1-18-13-7-12-10(6-11(13)16)14(21)20(15(22)19-12)9-4-2-8(17)3-5-9;15-10-5-9-12(6-11(10)16)18-14(21)19(13(9)20)8-3-1-7(17)2-4-8;/h2-7,18H,17H2,1H3,(H,19,22);1-6H,17H2,(H,18,21);1H. The van der Waals surface area contributed by atoms with Gasteiger partial charge in [-0.05, 0) is 66.7 Å². The number of nitrogen functional groups attached to an aromatic ring is 2. The number of H-pyrrole nitrogens is 2. The number of aromatic amines is 2. The first-order chi connectivity index (χ1) is 20.5. The predicted molar refractivity (Wildman–Crippen MR) is 166 cm³/mol. The molecule has 11 nitrogen and oxygen atoms in total. The average Bonchev–Trinajstić information content (AvgIpc) is 2.97. The fourth-order valence-corrected chi connectivity index (χ4v) is 4.36. The van der Waals surface area contributed by atoms with Crippen LogP contribution in [-0.2, 0) is 0 Å². The number of hydrogen-bond acceptors (Lipinski definition) is 7. The van der Waals surface area contributed by atoms with E-state index >= 15 is 0 Å². The molecule has 0 fully saturated rings. The lowest BCUT2D eigenvalue weighted by atomic mass is 10.2. The highest BCUT2D eigenvalue weighted by Gasteiger charge is 2.14. The van der Waals surface area contributed by atoms with Crippen LogP contribution in [0.3, 0.4) is 0 Å². The number of nitrogens with two attached hydrogens (primary N) is 2. The number of halogens is 4. The van der Waals surface area contributed by atoms with Gasteiger partial charge in [-0.2, -0.15) is 0 Å². The number of anilines is 3. The van der Waals surface area contributed by atoms with E-state index in [1.165, 1.54) is 30.3 Å². The van der Waals surface area contributed by atoms with Gasteiger partial charge in [0, 0.05) is 24.5 Å². The van der Waals surface area contributed by atoms with E-state index in [1.807, 2.05) is 0 Å². The minimum atomic E-state index is -1.16. The molecule has 6 aromatic rings. The zero-order valence-electron chi connectivity index (χ0n) is 22.7. The van der Waals surface area contributed by atoms with E-state index in [4.69, 9.17) is 11.5 Å². The molecule has 0 unspecified atom stereocenters. The fraction of sp³-hybridized carbons (Fsp3) is 0.0345. The summed E-state index contributed by atoms with van der Waals surface area (Å²) in [5.74, 6) is -2.86. The third-order valence-electron chi connectivity index (χ3n) is 6.50. The highest BCUT2D eigenvalue weighted by atomic mass is 35.5. The van der Waals surface area contributed by atoms with Crippen molar-refractivity contribution in [1.29, 1.82) is 0 Å². The van der Waals surface area contributed by atoms with Crippen LogP contribution in [0.2, 0.25) is 0 Å². The molecule has 0 saturated carbocycles. The van der Waals surface area contributed by atoms with Crippen LogP contribution in [0.15, 0.2) is 92.0 Å². The molecule has 4 aromatic carbocycles. The Bertz CT molecular complexity index is 2260. The number of nitrogens with zero attached hydrogens (tertiary/aromatic N) is 2. The van der Waals surface area contributed by atoms with Crippen LogP contribution in [0, 0.1) is 17.5 Å². The van der Waals surface area contributed by atoms with Crippen LogP contribution in [-0.4, -0.2) is 26.1 Å². The van der Waals surface area contributed by atoms with Crippen molar-refractivity contribution in [3.05, 3.63) is 132 Å². The van der Waals surface area contributed by atoms with Crippen LogP contribution >= 0.6 is 12.4 Å². The summed E-state index contributed by atoms with van der Waals surface area (Å²) >= 11 is 0. The first-order valence-corrected chi connectivity index (χ1v) is 12.5. The smallest absolute Gasteiger partial charge is 0.333 e. The van der Waals surface area contributed by atoms with Crippen LogP contribution in [0.5, 0.6) is 0 Å². The zero-order chi connectivity index (χ0) is 31.0. The molecule has 44 heavy (non-hydrogen) atoms. The van der Waals surface area contributed by atoms with Crippen molar-refractivity contribution in [3.8, 4) is 11.4 Å². The first kappa shape index (κ1) is 31.2. The third-order valence-corrected chi connectivity index (χ3v) is 6.50. The molecule has 15 heteroatoms. The second-order valence-electron chi connectivity index (χ2n) is 9.26. The van der Waals surface area contributed by atoms with E-state index < -0.39 is 39.9 Å². The van der Waals surface area contributed by atoms with Crippen molar-refractivity contribution in [2.24, 2.45) is 0 Å². The van der Waals surface area contributed by atoms with Crippen LogP contribution in [0.1, 0.15) is 0 Å². The van der Waals surface area contributed by atoms with Gasteiger partial charge >= 0.3 is 11.4 Å². The number of hydrogen-bond donors (Lipinski definition) is 5. The molecule has 0 saturated heterocycles. The maximum absolute atomic E-state index is 13.9. The molecule has 0 aliphatic carbocycles. The molecule has 7 N–H and O–H groups in total. The normalized spacial score (nSPS) is 10.6. The summed E-state index contributed by atoms with van der Waals surface area (Å²) in [4.78, 5) is 53.9. The topological polar surface area (TPSA) is 174 Å². The number of benzene rings is 4. The molecule has 0 bridgehead atoms. The maximum Gasteiger partial charge on any atom is 0.333 e. The van der Waals surface area contributed by atoms with Gasteiger partial charge in [0.1, 0.15) is 5.82 Å². The molecule has 0 spiro atoms. The minimum absolute atomic E-state index is 0. The Labute approximate surface area is 250 Å². The second kappa shape index (κ2) is 12.2. The van der Waals surface area contributed by atoms with E-state index in [0.717, 1.165) is 27.3 Å². The summed E-state index contributed by atoms with van der Waals surface area (Å²) in [6.45, 7) is 0. The number of fused-ring (bicyclic) bond motifs is 2. The van der Waals surface area contributed by atoms with Crippen molar-refractivity contribution < 1.29 is 13.2 Å². The Morgan fingerprint density at radius 2 is 1.00 bits per heavy atom. The zero-order valence-corrected chi connectivity index (χ0v) is 23.5. The quantitative estimate of drug-likeness (QED) is 0.187. The fourth-order valence-electron chi connectivity index (χ4n) is 4.36. The second-order valence-corrected chi connectivity index (χ2v) is 9.26. The van der Waals surface area contributed by atoms with Crippen molar-refractivity contribution in [3.63, 3.8) is 0 Å². The Balaban J connectivity index is 0.000000197. The van der Waals surface area contributed by atoms with Gasteiger partial charge in [0.2, 0.25) is 0 Å². The van der Waals surface area contributed by atoms with Gasteiger partial charge in [0.25, 0.3) is 11.1 Å². The van der Waals surface area contributed by atoms with Crippen LogP contribution in [0.25, 0.3) is 33.2 Å². The third kappa shape index (κ3) is 5.78. The largest absolute Gasteiger partial charge is 0.399 e. The molecular weight excluding hydrogens is 603 g/mol. The minimum Gasteiger partial charge on any atom is -0.399 e. The first-order valence-electron chi connectivity index (χ1n) is 12.5. The predicted octanol–water partition coefficient (Wildman–Crippen LogP) is 3.40. The summed E-state index contributed by atoms with van der Waals surface area (Å²) in [5, 5.41) is 2.63. The molecular formula is C29H23ClF3N7O4. The van der Waals surface area contributed by atoms with Gasteiger partial charge in [0.15, 0.2) is 11.6 Å². The molecule has 0 atom stereocenters. The molecule has 0 aliphatic heterocycles. The lowest BCUT2D eigenvalue weighted by Gasteiger charge is -2.08. The van der Waals surface area contributed by atoms with E-state index in [9.17, 15) is 32.3 Å². The van der Waals surface area contributed by atoms with E-state index in [1.54, 1.807) is 31.3 Å². The molecule has 0 aliphatic rings. The van der Waals surface area contributed by atoms with Gasteiger partial charge in [-0.3, -0.25) is 9.59 Å². The number of aromatic nitrogens is 4. The van der Waals surface area contributed by atoms with E-state index in [2.05, 4.69) is 15.3 Å². The van der Waals surface area contributed by atoms with Gasteiger partial charge in [0.05, 0.1) is 38.9 Å². The van der Waals surface area contributed by atoms with Crippen molar-refractivity contribution in [2.75, 3.05) is 23.8 Å². The molecule has 2 aromatic heterocycles. The molecule has 226 valence electrons. The Kier molecular flexibility index (Phi) is 8.67. The average molecular weight is 626 g/mol. The van der Waals surface area contributed by atoms with E-state index in [0.29, 0.717) is 17.1 Å².